The first-order chi connectivity index (χ1) is 10.9. The van der Waals surface area contributed by atoms with Crippen molar-refractivity contribution < 1.29 is 4.79 Å². The van der Waals surface area contributed by atoms with Crippen LogP contribution in [-0.4, -0.2) is 35.5 Å². The lowest BCUT2D eigenvalue weighted by Crippen LogP contribution is -2.69. The van der Waals surface area contributed by atoms with Crippen molar-refractivity contribution in [3.05, 3.63) is 34.2 Å². The maximum Gasteiger partial charge on any atom is 0.251 e. The molecular weight excluding hydrogens is 328 g/mol. The van der Waals surface area contributed by atoms with Gasteiger partial charge in [-0.1, -0.05) is 17.7 Å². The van der Waals surface area contributed by atoms with Gasteiger partial charge in [-0.3, -0.25) is 9.69 Å². The van der Waals surface area contributed by atoms with Crippen molar-refractivity contribution in [3.8, 4) is 0 Å². The van der Waals surface area contributed by atoms with Crippen molar-refractivity contribution >= 4 is 38.9 Å². The third-order valence-electron chi connectivity index (χ3n) is 5.63. The van der Waals surface area contributed by atoms with Crippen LogP contribution in [0.4, 0.5) is 0 Å². The molecule has 3 fully saturated rings. The smallest absolute Gasteiger partial charge is 0.251 e. The molecule has 3 saturated heterocycles. The molecule has 3 nitrogen and oxygen atoms in total. The normalized spacial score (nSPS) is 28.9. The van der Waals surface area contributed by atoms with Gasteiger partial charge in [-0.25, -0.2) is 0 Å². The number of hydrogen-bond acceptors (Lipinski definition) is 3. The zero-order valence-corrected chi connectivity index (χ0v) is 15.0. The van der Waals surface area contributed by atoms with Crippen molar-refractivity contribution in [2.45, 2.75) is 38.3 Å². The van der Waals surface area contributed by atoms with Crippen LogP contribution in [0, 0.1) is 5.92 Å². The summed E-state index contributed by atoms with van der Waals surface area (Å²) >= 11 is 7.58. The van der Waals surface area contributed by atoms with Crippen molar-refractivity contribution in [1.82, 2.24) is 10.2 Å². The molecule has 1 N–H and O–H groups in total. The summed E-state index contributed by atoms with van der Waals surface area (Å²) in [6.45, 7) is 6.82. The number of carbonyl (C=O) groups excluding carboxylic acids is 1. The van der Waals surface area contributed by atoms with E-state index in [0.717, 1.165) is 33.1 Å². The Bertz CT molecular complexity index is 761. The van der Waals surface area contributed by atoms with Crippen molar-refractivity contribution in [1.29, 1.82) is 0 Å². The molecule has 5 heteroatoms. The molecule has 0 saturated carbocycles. The van der Waals surface area contributed by atoms with Gasteiger partial charge in [-0.2, -0.15) is 0 Å². The number of hydrogen-bond donors (Lipinski definition) is 1. The zero-order chi connectivity index (χ0) is 16.2. The zero-order valence-electron chi connectivity index (χ0n) is 13.4. The molecule has 1 amide bonds. The molecule has 3 aliphatic heterocycles. The SMILES string of the molecule is CC1(C)[C@H](NC(=O)c2ccc3cc(Cl)sc3c2)C2CCN1CC2. The Morgan fingerprint density at radius 2 is 2.04 bits per heavy atom. The van der Waals surface area contributed by atoms with E-state index in [1.807, 2.05) is 24.3 Å². The number of nitrogens with zero attached hydrogens (tertiary/aromatic N) is 1. The average molecular weight is 349 g/mol. The van der Waals surface area contributed by atoms with Crippen molar-refractivity contribution in [2.75, 3.05) is 13.1 Å². The highest BCUT2D eigenvalue weighted by molar-refractivity contribution is 7.22. The van der Waals surface area contributed by atoms with Crippen molar-refractivity contribution in [3.63, 3.8) is 0 Å². The standard InChI is InChI=1S/C18H21ClN2OS/c1-18(2)16(11-5-7-21(18)8-6-11)20-17(22)13-4-3-12-10-15(19)23-14(12)9-13/h3-4,9-11,16H,5-8H2,1-2H3,(H,20,22)/t16-/m1/s1. The Labute approximate surface area is 145 Å². The molecule has 0 spiro atoms. The number of thiophene rings is 1. The lowest BCUT2D eigenvalue weighted by molar-refractivity contribution is -0.0378. The Morgan fingerprint density at radius 1 is 1.30 bits per heavy atom. The molecule has 2 bridgehead atoms. The first-order valence-electron chi connectivity index (χ1n) is 8.20. The van der Waals surface area contributed by atoms with Gasteiger partial charge in [-0.15, -0.1) is 11.3 Å². The van der Waals surface area contributed by atoms with Gasteiger partial charge in [0.05, 0.1) is 4.34 Å². The highest BCUT2D eigenvalue weighted by atomic mass is 35.5. The first-order valence-corrected chi connectivity index (χ1v) is 9.39. The molecule has 0 radical (unpaired) electrons. The molecule has 2 aromatic rings. The molecule has 3 aliphatic rings. The molecule has 0 unspecified atom stereocenters. The third-order valence-corrected chi connectivity index (χ3v) is 6.85. The summed E-state index contributed by atoms with van der Waals surface area (Å²) in [6.07, 6.45) is 2.38. The van der Waals surface area contributed by atoms with Gasteiger partial charge in [0, 0.05) is 21.8 Å². The van der Waals surface area contributed by atoms with Gasteiger partial charge in [0.25, 0.3) is 5.91 Å². The predicted molar refractivity (Wildman–Crippen MR) is 96.5 cm³/mol. The Morgan fingerprint density at radius 3 is 2.74 bits per heavy atom. The highest BCUT2D eigenvalue weighted by Crippen LogP contribution is 2.39. The summed E-state index contributed by atoms with van der Waals surface area (Å²) in [4.78, 5) is 15.3. The van der Waals surface area contributed by atoms with E-state index in [1.54, 1.807) is 0 Å². The van der Waals surface area contributed by atoms with Gasteiger partial charge in [-0.05, 0) is 69.3 Å². The summed E-state index contributed by atoms with van der Waals surface area (Å²) in [5, 5.41) is 4.42. The Balaban J connectivity index is 1.58. The van der Waals surface area contributed by atoms with Gasteiger partial charge >= 0.3 is 0 Å². The number of carbonyl (C=O) groups is 1. The van der Waals surface area contributed by atoms with Crippen LogP contribution in [0.2, 0.25) is 4.34 Å². The molecule has 1 atom stereocenters. The van der Waals surface area contributed by atoms with Crippen LogP contribution in [0.15, 0.2) is 24.3 Å². The maximum atomic E-state index is 12.8. The minimum Gasteiger partial charge on any atom is -0.347 e. The predicted octanol–water partition coefficient (Wildman–Crippen LogP) is 4.16. The highest BCUT2D eigenvalue weighted by Gasteiger charge is 2.48. The van der Waals surface area contributed by atoms with E-state index < -0.39 is 0 Å². The van der Waals surface area contributed by atoms with E-state index >= 15 is 0 Å². The van der Waals surface area contributed by atoms with E-state index in [1.165, 1.54) is 24.2 Å². The first kappa shape index (κ1) is 15.4. The summed E-state index contributed by atoms with van der Waals surface area (Å²) in [5.74, 6) is 0.627. The number of fused-ring (bicyclic) bond motifs is 4. The minimum absolute atomic E-state index is 0.0308. The monoisotopic (exact) mass is 348 g/mol. The van der Waals surface area contributed by atoms with Gasteiger partial charge < -0.3 is 5.32 Å². The van der Waals surface area contributed by atoms with Crippen LogP contribution in [0.5, 0.6) is 0 Å². The molecule has 5 rings (SSSR count). The quantitative estimate of drug-likeness (QED) is 0.883. The third kappa shape index (κ3) is 2.57. The number of amides is 1. The number of nitrogens with one attached hydrogen (secondary N) is 1. The van der Waals surface area contributed by atoms with Gasteiger partial charge in [0.1, 0.15) is 0 Å². The topological polar surface area (TPSA) is 32.3 Å². The van der Waals surface area contributed by atoms with E-state index in [2.05, 4.69) is 24.1 Å². The second kappa shape index (κ2) is 5.47. The molecule has 1 aromatic carbocycles. The lowest BCUT2D eigenvalue weighted by Gasteiger charge is -2.56. The second-order valence-electron chi connectivity index (χ2n) is 7.23. The molecule has 23 heavy (non-hydrogen) atoms. The molecule has 4 heterocycles. The Kier molecular flexibility index (Phi) is 3.67. The van der Waals surface area contributed by atoms with Crippen molar-refractivity contribution in [2.24, 2.45) is 5.92 Å². The van der Waals surface area contributed by atoms with Gasteiger partial charge in [0.2, 0.25) is 0 Å². The largest absolute Gasteiger partial charge is 0.347 e. The lowest BCUT2D eigenvalue weighted by atomic mass is 9.72. The van der Waals surface area contributed by atoms with Crippen LogP contribution in [0.3, 0.4) is 0 Å². The second-order valence-corrected chi connectivity index (χ2v) is 8.95. The van der Waals surface area contributed by atoms with E-state index in [4.69, 9.17) is 11.6 Å². The fraction of sp³-hybridized carbons (Fsp3) is 0.500. The Hall–Kier alpha value is -1.10. The summed E-state index contributed by atoms with van der Waals surface area (Å²) < 4.78 is 1.83. The van der Waals surface area contributed by atoms with E-state index in [9.17, 15) is 4.79 Å². The number of halogens is 1. The number of benzene rings is 1. The average Bonchev–Trinajstić information content (AvgIpc) is 2.90. The summed E-state index contributed by atoms with van der Waals surface area (Å²) in [5.41, 5.74) is 0.760. The summed E-state index contributed by atoms with van der Waals surface area (Å²) in [6, 6.07) is 8.00. The van der Waals surface area contributed by atoms with E-state index in [0.29, 0.717) is 5.92 Å². The van der Waals surface area contributed by atoms with Crippen LogP contribution in [0.1, 0.15) is 37.0 Å². The van der Waals surface area contributed by atoms with Crippen LogP contribution >= 0.6 is 22.9 Å². The molecular formula is C18H21ClN2OS. The molecule has 122 valence electrons. The van der Waals surface area contributed by atoms with Crippen LogP contribution in [-0.2, 0) is 0 Å². The molecule has 1 aromatic heterocycles. The number of rotatable bonds is 2. The fourth-order valence-corrected chi connectivity index (χ4v) is 5.44. The summed E-state index contributed by atoms with van der Waals surface area (Å²) in [7, 11) is 0. The van der Waals surface area contributed by atoms with Crippen LogP contribution < -0.4 is 5.32 Å². The maximum absolute atomic E-state index is 12.8. The minimum atomic E-state index is 0.0308. The fourth-order valence-electron chi connectivity index (χ4n) is 4.24. The van der Waals surface area contributed by atoms with Crippen LogP contribution in [0.25, 0.3) is 10.1 Å². The number of piperidine rings is 3. The van der Waals surface area contributed by atoms with Gasteiger partial charge in [0.15, 0.2) is 0 Å². The van der Waals surface area contributed by atoms with E-state index in [-0.39, 0.29) is 17.5 Å². The molecule has 0 aliphatic carbocycles.